The maximum atomic E-state index is 12.4. The molecule has 0 spiro atoms. The molecule has 158 valence electrons. The van der Waals surface area contributed by atoms with E-state index in [2.05, 4.69) is 25.8 Å². The van der Waals surface area contributed by atoms with Crippen LogP contribution in [0, 0.1) is 0 Å². The number of hydrogen-bond donors (Lipinski definition) is 1. The molecule has 0 aliphatic heterocycles. The van der Waals surface area contributed by atoms with Crippen molar-refractivity contribution < 1.29 is 14.3 Å². The van der Waals surface area contributed by atoms with Crippen molar-refractivity contribution >= 4 is 34.1 Å². The first-order valence-electron chi connectivity index (χ1n) is 9.12. The molecule has 2 aromatic carbocycles. The third-order valence-corrected chi connectivity index (χ3v) is 5.88. The molecule has 2 aromatic heterocycles. The minimum Gasteiger partial charge on any atom is -0.493 e. The minimum atomic E-state index is -0.194. The Bertz CT molecular complexity index is 1180. The van der Waals surface area contributed by atoms with Crippen LogP contribution in [-0.2, 0) is 4.79 Å². The van der Waals surface area contributed by atoms with Crippen molar-refractivity contribution in [2.75, 3.05) is 25.3 Å². The van der Waals surface area contributed by atoms with E-state index in [1.807, 2.05) is 53.9 Å². The van der Waals surface area contributed by atoms with Crippen LogP contribution in [0.4, 0.5) is 5.13 Å². The van der Waals surface area contributed by atoms with Crippen LogP contribution in [0.5, 0.6) is 11.5 Å². The van der Waals surface area contributed by atoms with Gasteiger partial charge in [-0.05, 0) is 40.8 Å². The molecule has 0 aliphatic rings. The summed E-state index contributed by atoms with van der Waals surface area (Å²) in [5, 5.41) is 17.4. The molecule has 0 saturated heterocycles. The summed E-state index contributed by atoms with van der Waals surface area (Å²) in [7, 11) is 3.17. The molecule has 0 saturated carbocycles. The summed E-state index contributed by atoms with van der Waals surface area (Å²) in [4.78, 5) is 16.9. The molecule has 4 rings (SSSR count). The number of thioether (sulfide) groups is 1. The zero-order chi connectivity index (χ0) is 21.6. The first kappa shape index (κ1) is 20.8. The smallest absolute Gasteiger partial charge is 0.236 e. The number of thiazole rings is 1. The lowest BCUT2D eigenvalue weighted by molar-refractivity contribution is -0.113. The van der Waals surface area contributed by atoms with Gasteiger partial charge in [0.25, 0.3) is 0 Å². The molecular formula is C20H18N6O3S2. The van der Waals surface area contributed by atoms with Gasteiger partial charge in [0, 0.05) is 10.9 Å². The summed E-state index contributed by atoms with van der Waals surface area (Å²) in [5.74, 6) is 1.22. The topological polar surface area (TPSA) is 104 Å². The van der Waals surface area contributed by atoms with E-state index in [-0.39, 0.29) is 11.7 Å². The second kappa shape index (κ2) is 9.58. The van der Waals surface area contributed by atoms with Crippen molar-refractivity contribution in [3.63, 3.8) is 0 Å². The monoisotopic (exact) mass is 454 g/mol. The number of nitrogens with one attached hydrogen (secondary N) is 1. The fourth-order valence-electron chi connectivity index (χ4n) is 2.74. The molecule has 1 N–H and O–H groups in total. The number of tetrazole rings is 1. The lowest BCUT2D eigenvalue weighted by Gasteiger charge is -2.08. The maximum Gasteiger partial charge on any atom is 0.236 e. The van der Waals surface area contributed by atoms with Gasteiger partial charge in [0.05, 0.1) is 31.4 Å². The highest BCUT2D eigenvalue weighted by molar-refractivity contribution is 7.99. The van der Waals surface area contributed by atoms with Crippen LogP contribution in [0.2, 0.25) is 0 Å². The van der Waals surface area contributed by atoms with E-state index in [1.165, 1.54) is 23.1 Å². The highest BCUT2D eigenvalue weighted by Crippen LogP contribution is 2.33. The highest BCUT2D eigenvalue weighted by Gasteiger charge is 2.14. The Morgan fingerprint density at radius 1 is 1.13 bits per heavy atom. The van der Waals surface area contributed by atoms with E-state index in [9.17, 15) is 4.79 Å². The molecule has 0 radical (unpaired) electrons. The molecule has 0 atom stereocenters. The van der Waals surface area contributed by atoms with Gasteiger partial charge in [-0.2, -0.15) is 4.68 Å². The van der Waals surface area contributed by atoms with Crippen molar-refractivity contribution in [3.8, 4) is 28.4 Å². The average Bonchev–Trinajstić information content (AvgIpc) is 3.47. The van der Waals surface area contributed by atoms with Gasteiger partial charge in [-0.1, -0.05) is 30.0 Å². The Morgan fingerprint density at radius 2 is 1.94 bits per heavy atom. The molecule has 4 aromatic rings. The molecule has 0 aliphatic carbocycles. The predicted molar refractivity (Wildman–Crippen MR) is 119 cm³/mol. The Hall–Kier alpha value is -3.44. The predicted octanol–water partition coefficient (Wildman–Crippen LogP) is 3.53. The van der Waals surface area contributed by atoms with E-state index in [4.69, 9.17) is 9.47 Å². The van der Waals surface area contributed by atoms with Gasteiger partial charge in [0.15, 0.2) is 16.6 Å². The Labute approximate surface area is 186 Å². The molecule has 0 unspecified atom stereocenters. The van der Waals surface area contributed by atoms with Crippen LogP contribution in [0.1, 0.15) is 0 Å². The lowest BCUT2D eigenvalue weighted by Crippen LogP contribution is -2.14. The summed E-state index contributed by atoms with van der Waals surface area (Å²) in [6, 6.07) is 15.1. The first-order chi connectivity index (χ1) is 15.2. The van der Waals surface area contributed by atoms with E-state index in [1.54, 1.807) is 18.9 Å². The third kappa shape index (κ3) is 4.84. The van der Waals surface area contributed by atoms with Gasteiger partial charge in [0.2, 0.25) is 11.1 Å². The van der Waals surface area contributed by atoms with E-state index >= 15 is 0 Å². The molecule has 0 fully saturated rings. The number of carbonyl (C=O) groups is 1. The van der Waals surface area contributed by atoms with Crippen LogP contribution in [-0.4, -0.2) is 51.1 Å². The second-order valence-corrected chi connectivity index (χ2v) is 7.95. The van der Waals surface area contributed by atoms with Crippen molar-refractivity contribution in [2.45, 2.75) is 5.16 Å². The fraction of sp³-hybridized carbons (Fsp3) is 0.150. The van der Waals surface area contributed by atoms with Gasteiger partial charge in [0.1, 0.15) is 0 Å². The molecule has 31 heavy (non-hydrogen) atoms. The van der Waals surface area contributed by atoms with Gasteiger partial charge >= 0.3 is 0 Å². The maximum absolute atomic E-state index is 12.4. The SMILES string of the molecule is COc1ccc(-c2csc(NC(=O)CSc3nnnn3-c3ccccc3)n2)cc1OC. The number of ether oxygens (including phenoxy) is 2. The summed E-state index contributed by atoms with van der Waals surface area (Å²) in [6.45, 7) is 0. The van der Waals surface area contributed by atoms with Crippen molar-refractivity contribution in [2.24, 2.45) is 0 Å². The van der Waals surface area contributed by atoms with Crippen molar-refractivity contribution in [3.05, 3.63) is 53.9 Å². The minimum absolute atomic E-state index is 0.151. The average molecular weight is 455 g/mol. The molecule has 1 amide bonds. The summed E-state index contributed by atoms with van der Waals surface area (Å²) in [6.07, 6.45) is 0. The van der Waals surface area contributed by atoms with E-state index < -0.39 is 0 Å². The Morgan fingerprint density at radius 3 is 2.71 bits per heavy atom. The number of amides is 1. The van der Waals surface area contributed by atoms with Gasteiger partial charge in [-0.15, -0.1) is 16.4 Å². The lowest BCUT2D eigenvalue weighted by atomic mass is 10.1. The molecule has 9 nitrogen and oxygen atoms in total. The zero-order valence-electron chi connectivity index (χ0n) is 16.7. The van der Waals surface area contributed by atoms with Crippen LogP contribution in [0.15, 0.2) is 59.1 Å². The van der Waals surface area contributed by atoms with Crippen molar-refractivity contribution in [1.82, 2.24) is 25.2 Å². The first-order valence-corrected chi connectivity index (χ1v) is 11.0. The molecule has 2 heterocycles. The summed E-state index contributed by atoms with van der Waals surface area (Å²) in [5.41, 5.74) is 2.43. The largest absolute Gasteiger partial charge is 0.493 e. The number of benzene rings is 2. The number of methoxy groups -OCH3 is 2. The van der Waals surface area contributed by atoms with Crippen LogP contribution < -0.4 is 14.8 Å². The Kier molecular flexibility index (Phi) is 6.43. The standard InChI is InChI=1S/C20H18N6O3S2/c1-28-16-9-8-13(10-17(16)29-2)15-11-30-19(21-15)22-18(27)12-31-20-23-24-25-26(20)14-6-4-3-5-7-14/h3-11H,12H2,1-2H3,(H,21,22,27). The van der Waals surface area contributed by atoms with Crippen molar-refractivity contribution in [1.29, 1.82) is 0 Å². The molecular weight excluding hydrogens is 436 g/mol. The number of carbonyl (C=O) groups excluding carboxylic acids is 1. The number of aromatic nitrogens is 5. The quantitative estimate of drug-likeness (QED) is 0.403. The summed E-state index contributed by atoms with van der Waals surface area (Å²) < 4.78 is 12.2. The Balaban J connectivity index is 1.39. The van der Waals surface area contributed by atoms with Gasteiger partial charge in [-0.3, -0.25) is 4.79 Å². The number of rotatable bonds is 8. The second-order valence-electron chi connectivity index (χ2n) is 6.15. The van der Waals surface area contributed by atoms with Crippen LogP contribution >= 0.6 is 23.1 Å². The van der Waals surface area contributed by atoms with Crippen LogP contribution in [0.25, 0.3) is 16.9 Å². The summed E-state index contributed by atoms with van der Waals surface area (Å²) >= 11 is 2.60. The van der Waals surface area contributed by atoms with E-state index in [0.29, 0.717) is 21.8 Å². The number of para-hydroxylation sites is 1. The number of nitrogens with zero attached hydrogens (tertiary/aromatic N) is 5. The highest BCUT2D eigenvalue weighted by atomic mass is 32.2. The fourth-order valence-corrected chi connectivity index (χ4v) is 4.17. The van der Waals surface area contributed by atoms with Gasteiger partial charge < -0.3 is 14.8 Å². The number of hydrogen-bond acceptors (Lipinski definition) is 9. The third-order valence-electron chi connectivity index (χ3n) is 4.20. The van der Waals surface area contributed by atoms with Crippen LogP contribution in [0.3, 0.4) is 0 Å². The molecule has 11 heteroatoms. The van der Waals surface area contributed by atoms with E-state index in [0.717, 1.165) is 16.9 Å². The normalized spacial score (nSPS) is 10.6. The van der Waals surface area contributed by atoms with Gasteiger partial charge in [-0.25, -0.2) is 4.98 Å². The number of anilines is 1. The molecule has 0 bridgehead atoms. The zero-order valence-corrected chi connectivity index (χ0v) is 18.3.